The van der Waals surface area contributed by atoms with Crippen LogP contribution in [0.3, 0.4) is 0 Å². The fourth-order valence-electron chi connectivity index (χ4n) is 4.18. The molecule has 11 heteroatoms. The van der Waals surface area contributed by atoms with Gasteiger partial charge in [0.05, 0.1) is 36.0 Å². The fraction of sp³-hybridized carbons (Fsp3) is 0.450. The van der Waals surface area contributed by atoms with E-state index in [0.29, 0.717) is 55.1 Å². The molecule has 0 spiro atoms. The van der Waals surface area contributed by atoms with Gasteiger partial charge in [0.2, 0.25) is 11.9 Å². The van der Waals surface area contributed by atoms with E-state index < -0.39 is 20.4 Å². The van der Waals surface area contributed by atoms with Gasteiger partial charge < -0.3 is 15.4 Å². The highest BCUT2D eigenvalue weighted by atomic mass is 32.2. The largest absolute Gasteiger partial charge is 0.377 e. The first kappa shape index (κ1) is 20.1. The van der Waals surface area contributed by atoms with Crippen LogP contribution in [0.15, 0.2) is 24.3 Å². The van der Waals surface area contributed by atoms with Crippen LogP contribution in [-0.2, 0) is 19.3 Å². The molecule has 164 valence electrons. The minimum Gasteiger partial charge on any atom is -0.377 e. The molecule has 1 atom stereocenters. The van der Waals surface area contributed by atoms with Crippen molar-refractivity contribution < 1.29 is 17.5 Å². The van der Waals surface area contributed by atoms with Crippen molar-refractivity contribution >= 4 is 32.6 Å². The maximum Gasteiger partial charge on any atom is 0.239 e. The van der Waals surface area contributed by atoms with Crippen LogP contribution in [-0.4, -0.2) is 60.0 Å². The zero-order valence-corrected chi connectivity index (χ0v) is 18.1. The first-order valence-corrected chi connectivity index (χ1v) is 12.0. The van der Waals surface area contributed by atoms with E-state index in [1.165, 1.54) is 23.0 Å². The Hall–Kier alpha value is -2.79. The molecule has 1 saturated heterocycles. The topological polar surface area (TPSA) is 116 Å². The second-order valence-corrected chi connectivity index (χ2v) is 10.6. The van der Waals surface area contributed by atoms with Gasteiger partial charge in [-0.25, -0.2) is 27.3 Å². The summed E-state index contributed by atoms with van der Waals surface area (Å²) in [6, 6.07) is 5.98. The summed E-state index contributed by atoms with van der Waals surface area (Å²) < 4.78 is 44.9. The van der Waals surface area contributed by atoms with Gasteiger partial charge in [-0.3, -0.25) is 0 Å². The smallest absolute Gasteiger partial charge is 0.239 e. The van der Waals surface area contributed by atoms with Crippen LogP contribution in [0.5, 0.6) is 0 Å². The van der Waals surface area contributed by atoms with Gasteiger partial charge in [-0.15, -0.1) is 0 Å². The zero-order valence-electron chi connectivity index (χ0n) is 17.2. The minimum absolute atomic E-state index is 0.0590. The Kier molecular flexibility index (Phi) is 4.45. The predicted molar refractivity (Wildman–Crippen MR) is 114 cm³/mol. The highest BCUT2D eigenvalue weighted by Crippen LogP contribution is 2.52. The Labute approximate surface area is 179 Å². The van der Waals surface area contributed by atoms with Crippen LogP contribution in [0, 0.1) is 5.82 Å². The van der Waals surface area contributed by atoms with Crippen molar-refractivity contribution in [3.63, 3.8) is 0 Å². The summed E-state index contributed by atoms with van der Waals surface area (Å²) in [5, 5.41) is 0. The maximum atomic E-state index is 13.7. The number of rotatable bonds is 4. The number of fused-ring (bicyclic) bond motifs is 1. The molecule has 1 aliphatic heterocycles. The Morgan fingerprint density at radius 3 is 2.68 bits per heavy atom. The standard InChI is InChI=1S/C20H23FN6O3S/c1-12-11-30-8-7-26(12)17-10-16(20(5-6-20)31(2,28)29)24-19(25-17)27-15-4-3-13(21)9-14(15)23-18(27)22/h3-4,9-10,12H,5-8,11H2,1-2H3,(H2,22,23)/t12-/m1/s1. The molecule has 2 fully saturated rings. The first-order valence-electron chi connectivity index (χ1n) is 10.1. The monoisotopic (exact) mass is 446 g/mol. The van der Waals surface area contributed by atoms with Crippen molar-refractivity contribution in [2.45, 2.75) is 30.6 Å². The number of hydrogen-bond donors (Lipinski definition) is 1. The van der Waals surface area contributed by atoms with Crippen molar-refractivity contribution in [2.75, 3.05) is 36.6 Å². The molecule has 1 saturated carbocycles. The van der Waals surface area contributed by atoms with Gasteiger partial charge in [0, 0.05) is 24.9 Å². The molecule has 2 N–H and O–H groups in total. The number of benzene rings is 1. The molecule has 0 amide bonds. The quantitative estimate of drug-likeness (QED) is 0.645. The molecule has 2 aliphatic rings. The number of nitrogen functional groups attached to an aromatic ring is 1. The van der Waals surface area contributed by atoms with Gasteiger partial charge in [-0.05, 0) is 31.9 Å². The van der Waals surface area contributed by atoms with E-state index in [4.69, 9.17) is 15.5 Å². The molecular weight excluding hydrogens is 423 g/mol. The summed E-state index contributed by atoms with van der Waals surface area (Å²) in [6.07, 6.45) is 2.25. The third-order valence-corrected chi connectivity index (χ3v) is 8.12. The number of anilines is 2. The number of halogens is 1. The summed E-state index contributed by atoms with van der Waals surface area (Å²) in [7, 11) is -3.39. The summed E-state index contributed by atoms with van der Waals surface area (Å²) in [4.78, 5) is 15.7. The van der Waals surface area contributed by atoms with Gasteiger partial charge in [-0.2, -0.15) is 4.98 Å². The number of hydrogen-bond acceptors (Lipinski definition) is 8. The van der Waals surface area contributed by atoms with Crippen LogP contribution in [0.4, 0.5) is 16.2 Å². The van der Waals surface area contributed by atoms with Crippen molar-refractivity contribution in [3.8, 4) is 5.95 Å². The van der Waals surface area contributed by atoms with E-state index in [9.17, 15) is 12.8 Å². The molecule has 3 heterocycles. The SMILES string of the molecule is C[C@@H]1COCCN1c1cc(C2(S(C)(=O)=O)CC2)nc(-n2c(N)nc3cc(F)ccc32)n1. The van der Waals surface area contributed by atoms with E-state index in [1.807, 2.05) is 6.92 Å². The highest BCUT2D eigenvalue weighted by molar-refractivity contribution is 7.91. The second kappa shape index (κ2) is 6.86. The van der Waals surface area contributed by atoms with Gasteiger partial charge in [-0.1, -0.05) is 0 Å². The molecule has 31 heavy (non-hydrogen) atoms. The fourth-order valence-corrected chi connectivity index (χ4v) is 5.51. The summed E-state index contributed by atoms with van der Waals surface area (Å²) in [6.45, 7) is 3.73. The van der Waals surface area contributed by atoms with Crippen molar-refractivity contribution in [3.05, 3.63) is 35.8 Å². The third-order valence-electron chi connectivity index (χ3n) is 6.09. The zero-order chi connectivity index (χ0) is 22.0. The molecule has 2 aromatic heterocycles. The third kappa shape index (κ3) is 3.23. The molecule has 1 aliphatic carbocycles. The number of nitrogens with zero attached hydrogens (tertiary/aromatic N) is 5. The first-order chi connectivity index (χ1) is 14.7. The number of nitrogens with two attached hydrogens (primary N) is 1. The number of sulfone groups is 1. The summed E-state index contributed by atoms with van der Waals surface area (Å²) >= 11 is 0. The van der Waals surface area contributed by atoms with E-state index in [2.05, 4.69) is 14.9 Å². The average Bonchev–Trinajstić information content (AvgIpc) is 3.46. The number of ether oxygens (including phenoxy) is 1. The minimum atomic E-state index is -3.39. The lowest BCUT2D eigenvalue weighted by Crippen LogP contribution is -2.44. The lowest BCUT2D eigenvalue weighted by molar-refractivity contribution is 0.0985. The van der Waals surface area contributed by atoms with Crippen molar-refractivity contribution in [2.24, 2.45) is 0 Å². The van der Waals surface area contributed by atoms with E-state index in [1.54, 1.807) is 12.1 Å². The van der Waals surface area contributed by atoms with Crippen LogP contribution >= 0.6 is 0 Å². The molecule has 1 aromatic carbocycles. The molecule has 0 bridgehead atoms. The Balaban J connectivity index is 1.74. The lowest BCUT2D eigenvalue weighted by Gasteiger charge is -2.34. The van der Waals surface area contributed by atoms with Crippen LogP contribution in [0.2, 0.25) is 0 Å². The Bertz CT molecular complexity index is 1290. The van der Waals surface area contributed by atoms with Gasteiger partial charge >= 0.3 is 0 Å². The van der Waals surface area contributed by atoms with Gasteiger partial charge in [0.25, 0.3) is 0 Å². The van der Waals surface area contributed by atoms with Crippen molar-refractivity contribution in [1.29, 1.82) is 0 Å². The van der Waals surface area contributed by atoms with E-state index >= 15 is 0 Å². The van der Waals surface area contributed by atoms with Crippen molar-refractivity contribution in [1.82, 2.24) is 19.5 Å². The normalized spacial score (nSPS) is 20.9. The van der Waals surface area contributed by atoms with E-state index in [-0.39, 0.29) is 17.9 Å². The summed E-state index contributed by atoms with van der Waals surface area (Å²) in [5.41, 5.74) is 7.51. The van der Waals surface area contributed by atoms with Crippen LogP contribution in [0.1, 0.15) is 25.5 Å². The van der Waals surface area contributed by atoms with Gasteiger partial charge in [0.1, 0.15) is 16.4 Å². The second-order valence-electron chi connectivity index (χ2n) is 8.23. The highest BCUT2D eigenvalue weighted by Gasteiger charge is 2.55. The van der Waals surface area contributed by atoms with Crippen LogP contribution < -0.4 is 10.6 Å². The molecule has 3 aromatic rings. The molecule has 5 rings (SSSR count). The molecule has 9 nitrogen and oxygen atoms in total. The predicted octanol–water partition coefficient (Wildman–Crippen LogP) is 1.80. The number of morpholine rings is 1. The summed E-state index contributed by atoms with van der Waals surface area (Å²) in [5.74, 6) is 0.494. The van der Waals surface area contributed by atoms with Crippen LogP contribution in [0.25, 0.3) is 17.0 Å². The average molecular weight is 447 g/mol. The molecular formula is C20H23FN6O3S. The number of aromatic nitrogens is 4. The van der Waals surface area contributed by atoms with E-state index in [0.717, 1.165) is 0 Å². The molecule has 0 radical (unpaired) electrons. The number of imidazole rings is 1. The lowest BCUT2D eigenvalue weighted by atomic mass is 10.2. The maximum absolute atomic E-state index is 13.7. The van der Waals surface area contributed by atoms with Gasteiger partial charge in [0.15, 0.2) is 9.84 Å². The Morgan fingerprint density at radius 2 is 2.00 bits per heavy atom. The molecule has 0 unspecified atom stereocenters. The Morgan fingerprint density at radius 1 is 1.23 bits per heavy atom.